The highest BCUT2D eigenvalue weighted by Gasteiger charge is 2.26. The van der Waals surface area contributed by atoms with Crippen molar-refractivity contribution in [3.63, 3.8) is 0 Å². The van der Waals surface area contributed by atoms with E-state index in [1.54, 1.807) is 19.1 Å². The number of sulfone groups is 1. The predicted molar refractivity (Wildman–Crippen MR) is 120 cm³/mol. The number of anilines is 1. The molecule has 5 nitrogen and oxygen atoms in total. The molecule has 1 aliphatic heterocycles. The maximum absolute atomic E-state index is 12.6. The molecule has 1 aliphatic carbocycles. The maximum atomic E-state index is 12.6. The van der Waals surface area contributed by atoms with Crippen LogP contribution in [0.25, 0.3) is 0 Å². The van der Waals surface area contributed by atoms with Crippen LogP contribution in [0.3, 0.4) is 0 Å². The standard InChI is InChI=1S/C24H30N2O3S/c1-2-30(28,29)22-11-9-21(10-12-22)26-15-13-20(14-16-26)25-24(27)17-19-8-7-18-5-3-4-6-23(18)19/h3-6,9-12,19-20H,2,7-8,13-17H2,1H3,(H,25,27). The summed E-state index contributed by atoms with van der Waals surface area (Å²) in [6.45, 7) is 3.38. The average molecular weight is 427 g/mol. The van der Waals surface area contributed by atoms with Crippen molar-refractivity contribution in [2.75, 3.05) is 23.7 Å². The third kappa shape index (κ3) is 4.53. The molecular weight excluding hydrogens is 396 g/mol. The maximum Gasteiger partial charge on any atom is 0.220 e. The molecule has 1 atom stereocenters. The molecule has 160 valence electrons. The summed E-state index contributed by atoms with van der Waals surface area (Å²) in [6, 6.07) is 15.9. The van der Waals surface area contributed by atoms with Gasteiger partial charge >= 0.3 is 0 Å². The smallest absolute Gasteiger partial charge is 0.220 e. The molecule has 1 amide bonds. The number of hydrogen-bond acceptors (Lipinski definition) is 4. The first-order valence-electron chi connectivity index (χ1n) is 10.9. The fourth-order valence-electron chi connectivity index (χ4n) is 4.68. The lowest BCUT2D eigenvalue weighted by atomic mass is 9.97. The van der Waals surface area contributed by atoms with Crippen LogP contribution < -0.4 is 10.2 Å². The zero-order chi connectivity index (χ0) is 21.1. The van der Waals surface area contributed by atoms with Crippen molar-refractivity contribution >= 4 is 21.4 Å². The van der Waals surface area contributed by atoms with Crippen molar-refractivity contribution in [1.82, 2.24) is 5.32 Å². The van der Waals surface area contributed by atoms with E-state index in [0.29, 0.717) is 17.2 Å². The van der Waals surface area contributed by atoms with Crippen LogP contribution in [-0.2, 0) is 21.1 Å². The van der Waals surface area contributed by atoms with Crippen LogP contribution in [0.15, 0.2) is 53.4 Å². The molecule has 6 heteroatoms. The van der Waals surface area contributed by atoms with E-state index >= 15 is 0 Å². The van der Waals surface area contributed by atoms with Gasteiger partial charge in [-0.2, -0.15) is 0 Å². The summed E-state index contributed by atoms with van der Waals surface area (Å²) in [5.74, 6) is 0.618. The number of carbonyl (C=O) groups is 1. The number of hydrogen-bond donors (Lipinski definition) is 1. The van der Waals surface area contributed by atoms with Crippen molar-refractivity contribution in [2.24, 2.45) is 0 Å². The Kier molecular flexibility index (Phi) is 6.14. The van der Waals surface area contributed by atoms with Crippen LogP contribution >= 0.6 is 0 Å². The van der Waals surface area contributed by atoms with E-state index in [2.05, 4.69) is 34.5 Å². The quantitative estimate of drug-likeness (QED) is 0.765. The van der Waals surface area contributed by atoms with Gasteiger partial charge in [-0.25, -0.2) is 8.42 Å². The van der Waals surface area contributed by atoms with E-state index in [0.717, 1.165) is 44.5 Å². The molecule has 2 aromatic carbocycles. The number of benzene rings is 2. The molecule has 1 saturated heterocycles. The average Bonchev–Trinajstić information content (AvgIpc) is 3.17. The molecule has 2 aliphatic rings. The Hall–Kier alpha value is -2.34. The van der Waals surface area contributed by atoms with Gasteiger partial charge in [0.2, 0.25) is 5.91 Å². The van der Waals surface area contributed by atoms with Gasteiger partial charge in [-0.05, 0) is 67.0 Å². The summed E-state index contributed by atoms with van der Waals surface area (Å²) in [4.78, 5) is 15.2. The lowest BCUT2D eigenvalue weighted by Crippen LogP contribution is -2.44. The fraction of sp³-hybridized carbons (Fsp3) is 0.458. The van der Waals surface area contributed by atoms with Gasteiger partial charge in [-0.3, -0.25) is 4.79 Å². The van der Waals surface area contributed by atoms with Gasteiger partial charge in [0.1, 0.15) is 0 Å². The Balaban J connectivity index is 1.27. The minimum atomic E-state index is -3.16. The number of piperidine rings is 1. The van der Waals surface area contributed by atoms with Crippen LogP contribution in [0.1, 0.15) is 49.7 Å². The van der Waals surface area contributed by atoms with Crippen molar-refractivity contribution < 1.29 is 13.2 Å². The molecular formula is C24H30N2O3S. The molecule has 0 aromatic heterocycles. The first-order valence-corrected chi connectivity index (χ1v) is 12.6. The van der Waals surface area contributed by atoms with Crippen molar-refractivity contribution in [1.29, 1.82) is 0 Å². The highest BCUT2D eigenvalue weighted by molar-refractivity contribution is 7.91. The van der Waals surface area contributed by atoms with Crippen LogP contribution in [0.2, 0.25) is 0 Å². The highest BCUT2D eigenvalue weighted by Crippen LogP contribution is 2.35. The Morgan fingerprint density at radius 1 is 1.03 bits per heavy atom. The lowest BCUT2D eigenvalue weighted by molar-refractivity contribution is -0.122. The zero-order valence-corrected chi connectivity index (χ0v) is 18.3. The molecule has 1 fully saturated rings. The molecule has 4 rings (SSSR count). The largest absolute Gasteiger partial charge is 0.371 e. The van der Waals surface area contributed by atoms with Gasteiger partial charge in [-0.1, -0.05) is 31.2 Å². The minimum Gasteiger partial charge on any atom is -0.371 e. The van der Waals surface area contributed by atoms with E-state index in [1.807, 2.05) is 12.1 Å². The van der Waals surface area contributed by atoms with Crippen molar-refractivity contribution in [3.8, 4) is 0 Å². The molecule has 0 spiro atoms. The second-order valence-corrected chi connectivity index (χ2v) is 10.6. The third-order valence-electron chi connectivity index (χ3n) is 6.49. The van der Waals surface area contributed by atoms with Crippen molar-refractivity contribution in [3.05, 3.63) is 59.7 Å². The van der Waals surface area contributed by atoms with Gasteiger partial charge < -0.3 is 10.2 Å². The van der Waals surface area contributed by atoms with Crippen LogP contribution in [0.4, 0.5) is 5.69 Å². The molecule has 30 heavy (non-hydrogen) atoms. The predicted octanol–water partition coefficient (Wildman–Crippen LogP) is 3.69. The van der Waals surface area contributed by atoms with Gasteiger partial charge in [-0.15, -0.1) is 0 Å². The van der Waals surface area contributed by atoms with Crippen molar-refractivity contribution in [2.45, 2.75) is 55.9 Å². The Morgan fingerprint density at radius 3 is 2.43 bits per heavy atom. The third-order valence-corrected chi connectivity index (χ3v) is 8.24. The molecule has 1 heterocycles. The van der Waals surface area contributed by atoms with Gasteiger partial charge in [0.25, 0.3) is 0 Å². The number of nitrogens with one attached hydrogen (secondary N) is 1. The molecule has 0 bridgehead atoms. The summed E-state index contributed by atoms with van der Waals surface area (Å²) >= 11 is 0. The summed E-state index contributed by atoms with van der Waals surface area (Å²) in [7, 11) is -3.16. The zero-order valence-electron chi connectivity index (χ0n) is 17.5. The molecule has 1 unspecified atom stereocenters. The number of rotatable bonds is 6. The summed E-state index contributed by atoms with van der Waals surface area (Å²) in [5, 5.41) is 3.24. The second kappa shape index (κ2) is 8.80. The second-order valence-electron chi connectivity index (χ2n) is 8.36. The number of amides is 1. The summed E-state index contributed by atoms with van der Waals surface area (Å²) < 4.78 is 23.9. The SMILES string of the molecule is CCS(=O)(=O)c1ccc(N2CCC(NC(=O)CC3CCc4ccccc43)CC2)cc1. The fourth-order valence-corrected chi connectivity index (χ4v) is 5.56. The molecule has 0 radical (unpaired) electrons. The lowest BCUT2D eigenvalue weighted by Gasteiger charge is -2.34. The molecule has 2 aromatic rings. The van der Waals surface area contributed by atoms with Gasteiger partial charge in [0, 0.05) is 31.2 Å². The number of nitrogens with zero attached hydrogens (tertiary/aromatic N) is 1. The van der Waals surface area contributed by atoms with Crippen LogP contribution in [0, 0.1) is 0 Å². The first-order chi connectivity index (χ1) is 14.5. The molecule has 1 N–H and O–H groups in total. The number of aryl methyl sites for hydroxylation is 1. The van der Waals surface area contributed by atoms with Gasteiger partial charge in [0.15, 0.2) is 9.84 Å². The van der Waals surface area contributed by atoms with Gasteiger partial charge in [0.05, 0.1) is 10.6 Å². The van der Waals surface area contributed by atoms with E-state index in [1.165, 1.54) is 11.1 Å². The molecule has 0 saturated carbocycles. The summed E-state index contributed by atoms with van der Waals surface area (Å²) in [6.07, 6.45) is 4.52. The Bertz CT molecular complexity index is 993. The minimum absolute atomic E-state index is 0.115. The monoisotopic (exact) mass is 426 g/mol. The Morgan fingerprint density at radius 2 is 1.73 bits per heavy atom. The topological polar surface area (TPSA) is 66.5 Å². The highest BCUT2D eigenvalue weighted by atomic mass is 32.2. The number of carbonyl (C=O) groups excluding carboxylic acids is 1. The van der Waals surface area contributed by atoms with Crippen LogP contribution in [0.5, 0.6) is 0 Å². The van der Waals surface area contributed by atoms with E-state index < -0.39 is 9.84 Å². The summed E-state index contributed by atoms with van der Waals surface area (Å²) in [5.41, 5.74) is 3.77. The normalized spacial score (nSPS) is 19.5. The van der Waals surface area contributed by atoms with E-state index in [9.17, 15) is 13.2 Å². The van der Waals surface area contributed by atoms with Crippen LogP contribution in [-0.4, -0.2) is 39.2 Å². The van der Waals surface area contributed by atoms with E-state index in [4.69, 9.17) is 0 Å². The first kappa shape index (κ1) is 20.9. The van der Waals surface area contributed by atoms with E-state index in [-0.39, 0.29) is 17.7 Å². The Labute approximate surface area is 179 Å². The number of fused-ring (bicyclic) bond motifs is 1.